The standard InChI is InChI=1S/C15H20N2O/c1-10(11-6-7-11)16-14-9-8-12-4-2-3-5-13(12)17-15(14)18/h2-5,10-11,14,16H,6-9H2,1H3,(H,17,18). The summed E-state index contributed by atoms with van der Waals surface area (Å²) >= 11 is 0. The first kappa shape index (κ1) is 11.7. The Morgan fingerprint density at radius 1 is 1.28 bits per heavy atom. The van der Waals surface area contributed by atoms with Crippen LogP contribution in [0.1, 0.15) is 31.7 Å². The van der Waals surface area contributed by atoms with E-state index in [0.29, 0.717) is 6.04 Å². The number of hydrogen-bond acceptors (Lipinski definition) is 2. The quantitative estimate of drug-likeness (QED) is 0.856. The number of hydrogen-bond donors (Lipinski definition) is 2. The van der Waals surface area contributed by atoms with Crippen molar-refractivity contribution >= 4 is 11.6 Å². The van der Waals surface area contributed by atoms with Crippen LogP contribution in [0.4, 0.5) is 5.69 Å². The molecule has 1 aromatic carbocycles. The van der Waals surface area contributed by atoms with Gasteiger partial charge < -0.3 is 10.6 Å². The van der Waals surface area contributed by atoms with Gasteiger partial charge in [0.2, 0.25) is 5.91 Å². The molecule has 2 N–H and O–H groups in total. The van der Waals surface area contributed by atoms with Crippen LogP contribution < -0.4 is 10.6 Å². The van der Waals surface area contributed by atoms with Gasteiger partial charge in [0.05, 0.1) is 6.04 Å². The number of rotatable bonds is 3. The summed E-state index contributed by atoms with van der Waals surface area (Å²) < 4.78 is 0. The van der Waals surface area contributed by atoms with Crippen molar-refractivity contribution in [1.82, 2.24) is 5.32 Å². The number of carbonyl (C=O) groups excluding carboxylic acids is 1. The lowest BCUT2D eigenvalue weighted by Gasteiger charge is -2.20. The van der Waals surface area contributed by atoms with E-state index >= 15 is 0 Å². The molecule has 1 fully saturated rings. The lowest BCUT2D eigenvalue weighted by molar-refractivity contribution is -0.118. The highest BCUT2D eigenvalue weighted by Crippen LogP contribution is 2.33. The predicted octanol–water partition coefficient (Wildman–Crippen LogP) is 2.33. The van der Waals surface area contributed by atoms with E-state index in [1.54, 1.807) is 0 Å². The van der Waals surface area contributed by atoms with Crippen molar-refractivity contribution < 1.29 is 4.79 Å². The largest absolute Gasteiger partial charge is 0.324 e. The Hall–Kier alpha value is -1.35. The molecule has 1 aliphatic carbocycles. The fraction of sp³-hybridized carbons (Fsp3) is 0.533. The number of aryl methyl sites for hydroxylation is 1. The fourth-order valence-electron chi connectivity index (χ4n) is 2.72. The van der Waals surface area contributed by atoms with E-state index in [0.717, 1.165) is 24.4 Å². The summed E-state index contributed by atoms with van der Waals surface area (Å²) in [5.41, 5.74) is 2.22. The molecule has 96 valence electrons. The molecular weight excluding hydrogens is 224 g/mol. The van der Waals surface area contributed by atoms with Crippen molar-refractivity contribution in [3.05, 3.63) is 29.8 Å². The summed E-state index contributed by atoms with van der Waals surface area (Å²) in [6.45, 7) is 2.20. The molecule has 3 nitrogen and oxygen atoms in total. The lowest BCUT2D eigenvalue weighted by Crippen LogP contribution is -2.45. The normalized spacial score (nSPS) is 24.9. The van der Waals surface area contributed by atoms with Crippen LogP contribution in [0.15, 0.2) is 24.3 Å². The molecule has 0 saturated heterocycles. The third-order valence-corrected chi connectivity index (χ3v) is 4.09. The van der Waals surface area contributed by atoms with E-state index in [1.165, 1.54) is 18.4 Å². The van der Waals surface area contributed by atoms with Gasteiger partial charge in [-0.3, -0.25) is 4.79 Å². The van der Waals surface area contributed by atoms with Crippen molar-refractivity contribution in [2.24, 2.45) is 5.92 Å². The van der Waals surface area contributed by atoms with Gasteiger partial charge in [-0.05, 0) is 50.2 Å². The Labute approximate surface area is 108 Å². The topological polar surface area (TPSA) is 41.1 Å². The number of benzene rings is 1. The molecule has 1 saturated carbocycles. The molecule has 1 amide bonds. The lowest BCUT2D eigenvalue weighted by atomic mass is 10.0. The van der Waals surface area contributed by atoms with E-state index in [1.807, 2.05) is 18.2 Å². The number of carbonyl (C=O) groups is 1. The van der Waals surface area contributed by atoms with Crippen molar-refractivity contribution in [2.45, 2.75) is 44.7 Å². The van der Waals surface area contributed by atoms with Crippen LogP contribution in [0.5, 0.6) is 0 Å². The average molecular weight is 244 g/mol. The molecule has 1 aromatic rings. The molecule has 2 aliphatic rings. The molecule has 3 heteroatoms. The minimum Gasteiger partial charge on any atom is -0.324 e. The number of anilines is 1. The highest BCUT2D eigenvalue weighted by molar-refractivity contribution is 5.96. The molecule has 18 heavy (non-hydrogen) atoms. The molecule has 3 rings (SSSR count). The van der Waals surface area contributed by atoms with E-state index in [4.69, 9.17) is 0 Å². The van der Waals surface area contributed by atoms with Gasteiger partial charge in [-0.2, -0.15) is 0 Å². The number of amides is 1. The first-order valence-electron chi connectivity index (χ1n) is 6.89. The third kappa shape index (κ3) is 2.41. The van der Waals surface area contributed by atoms with Gasteiger partial charge in [-0.25, -0.2) is 0 Å². The Kier molecular flexibility index (Phi) is 3.08. The van der Waals surface area contributed by atoms with Gasteiger partial charge >= 0.3 is 0 Å². The van der Waals surface area contributed by atoms with Gasteiger partial charge in [-0.15, -0.1) is 0 Å². The van der Waals surface area contributed by atoms with Crippen LogP contribution in [0.2, 0.25) is 0 Å². The summed E-state index contributed by atoms with van der Waals surface area (Å²) in [6, 6.07) is 8.50. The summed E-state index contributed by atoms with van der Waals surface area (Å²) in [4.78, 5) is 12.2. The van der Waals surface area contributed by atoms with Crippen LogP contribution in [-0.2, 0) is 11.2 Å². The first-order chi connectivity index (χ1) is 8.74. The molecule has 2 atom stereocenters. The maximum atomic E-state index is 12.2. The number of fused-ring (bicyclic) bond motifs is 1. The Bertz CT molecular complexity index is 454. The Morgan fingerprint density at radius 2 is 2.06 bits per heavy atom. The minimum absolute atomic E-state index is 0.0481. The molecule has 2 unspecified atom stereocenters. The number of para-hydroxylation sites is 1. The Morgan fingerprint density at radius 3 is 2.83 bits per heavy atom. The van der Waals surface area contributed by atoms with Crippen molar-refractivity contribution in [1.29, 1.82) is 0 Å². The molecule has 1 aliphatic heterocycles. The van der Waals surface area contributed by atoms with Crippen molar-refractivity contribution in [3.8, 4) is 0 Å². The summed E-state index contributed by atoms with van der Waals surface area (Å²) in [5, 5.41) is 6.53. The van der Waals surface area contributed by atoms with Crippen LogP contribution in [0.3, 0.4) is 0 Å². The van der Waals surface area contributed by atoms with E-state index in [-0.39, 0.29) is 11.9 Å². The van der Waals surface area contributed by atoms with Crippen LogP contribution in [0.25, 0.3) is 0 Å². The zero-order valence-corrected chi connectivity index (χ0v) is 10.8. The second-order valence-electron chi connectivity index (χ2n) is 5.53. The van der Waals surface area contributed by atoms with E-state index in [9.17, 15) is 4.79 Å². The van der Waals surface area contributed by atoms with Crippen LogP contribution in [-0.4, -0.2) is 18.0 Å². The molecule has 0 spiro atoms. The number of nitrogens with one attached hydrogen (secondary N) is 2. The highest BCUT2D eigenvalue weighted by atomic mass is 16.2. The summed E-state index contributed by atoms with van der Waals surface area (Å²) in [7, 11) is 0. The molecule has 1 heterocycles. The van der Waals surface area contributed by atoms with Crippen LogP contribution >= 0.6 is 0 Å². The maximum Gasteiger partial charge on any atom is 0.241 e. The second-order valence-corrected chi connectivity index (χ2v) is 5.53. The molecule has 0 radical (unpaired) electrons. The second kappa shape index (κ2) is 4.73. The minimum atomic E-state index is -0.0481. The maximum absolute atomic E-state index is 12.2. The van der Waals surface area contributed by atoms with Gasteiger partial charge in [0.15, 0.2) is 0 Å². The highest BCUT2D eigenvalue weighted by Gasteiger charge is 2.32. The van der Waals surface area contributed by atoms with E-state index in [2.05, 4.69) is 23.6 Å². The fourth-order valence-corrected chi connectivity index (χ4v) is 2.72. The zero-order valence-electron chi connectivity index (χ0n) is 10.8. The summed E-state index contributed by atoms with van der Waals surface area (Å²) in [6.07, 6.45) is 4.47. The third-order valence-electron chi connectivity index (χ3n) is 4.09. The molecule has 0 aromatic heterocycles. The monoisotopic (exact) mass is 244 g/mol. The predicted molar refractivity (Wildman–Crippen MR) is 72.5 cm³/mol. The molecular formula is C15H20N2O. The van der Waals surface area contributed by atoms with Gasteiger partial charge in [0, 0.05) is 11.7 Å². The van der Waals surface area contributed by atoms with Gasteiger partial charge in [0.25, 0.3) is 0 Å². The molecule has 0 bridgehead atoms. The van der Waals surface area contributed by atoms with Crippen molar-refractivity contribution in [3.63, 3.8) is 0 Å². The zero-order chi connectivity index (χ0) is 12.5. The summed E-state index contributed by atoms with van der Waals surface area (Å²) in [5.74, 6) is 0.899. The smallest absolute Gasteiger partial charge is 0.241 e. The van der Waals surface area contributed by atoms with Gasteiger partial charge in [0.1, 0.15) is 0 Å². The first-order valence-corrected chi connectivity index (χ1v) is 6.89. The van der Waals surface area contributed by atoms with Crippen molar-refractivity contribution in [2.75, 3.05) is 5.32 Å². The van der Waals surface area contributed by atoms with E-state index < -0.39 is 0 Å². The van der Waals surface area contributed by atoms with Crippen LogP contribution in [0, 0.1) is 5.92 Å². The SMILES string of the molecule is CC(NC1CCc2ccccc2NC1=O)C1CC1. The van der Waals surface area contributed by atoms with Gasteiger partial charge in [-0.1, -0.05) is 18.2 Å². The average Bonchev–Trinajstić information content (AvgIpc) is 3.19. The Balaban J connectivity index is 1.70.